The van der Waals surface area contributed by atoms with E-state index in [0.29, 0.717) is 12.1 Å². The van der Waals surface area contributed by atoms with Crippen molar-refractivity contribution in [3.63, 3.8) is 0 Å². The average molecular weight is 591 g/mol. The van der Waals surface area contributed by atoms with Gasteiger partial charge in [-0.05, 0) is 81.3 Å². The topological polar surface area (TPSA) is 114 Å². The van der Waals surface area contributed by atoms with Crippen LogP contribution in [0, 0.1) is 17.0 Å². The molecule has 0 aliphatic carbocycles. The second kappa shape index (κ2) is 10.7. The molecule has 41 heavy (non-hydrogen) atoms. The molecule has 0 spiro atoms. The highest BCUT2D eigenvalue weighted by molar-refractivity contribution is 7.21. The fourth-order valence-electron chi connectivity index (χ4n) is 4.93. The summed E-state index contributed by atoms with van der Waals surface area (Å²) in [4.78, 5) is 58.7. The van der Waals surface area contributed by atoms with Crippen molar-refractivity contribution in [3.05, 3.63) is 86.9 Å². The van der Waals surface area contributed by atoms with E-state index in [-0.39, 0.29) is 17.0 Å². The molecule has 1 fully saturated rings. The van der Waals surface area contributed by atoms with E-state index >= 15 is 0 Å². The molecule has 1 saturated heterocycles. The largest absolute Gasteiger partial charge is 0.321 e. The van der Waals surface area contributed by atoms with Crippen LogP contribution in [0.1, 0.15) is 49.5 Å². The molecule has 0 saturated carbocycles. The molecule has 210 valence electrons. The van der Waals surface area contributed by atoms with Gasteiger partial charge in [-0.2, -0.15) is 0 Å². The summed E-state index contributed by atoms with van der Waals surface area (Å²) in [6.07, 6.45) is 0.269. The van der Waals surface area contributed by atoms with E-state index in [4.69, 9.17) is 16.6 Å². The lowest BCUT2D eigenvalue weighted by Crippen LogP contribution is -2.55. The molecule has 0 radical (unpaired) electrons. The number of rotatable bonds is 7. The molecule has 0 N–H and O–H groups in total. The number of hydrogen-bond acceptors (Lipinski definition) is 7. The van der Waals surface area contributed by atoms with E-state index in [2.05, 4.69) is 6.07 Å². The molecule has 2 heterocycles. The third-order valence-electron chi connectivity index (χ3n) is 7.48. The van der Waals surface area contributed by atoms with Gasteiger partial charge in [0.15, 0.2) is 0 Å². The maximum Gasteiger partial charge on any atom is 0.288 e. The van der Waals surface area contributed by atoms with E-state index in [1.165, 1.54) is 17.0 Å². The Hall–Kier alpha value is -4.15. The molecule has 1 aliphatic rings. The Kier molecular flexibility index (Phi) is 7.39. The first kappa shape index (κ1) is 28.4. The molecule has 3 amide bonds. The predicted molar refractivity (Wildman–Crippen MR) is 159 cm³/mol. The first-order valence-electron chi connectivity index (χ1n) is 13.0. The minimum atomic E-state index is -1.08. The van der Waals surface area contributed by atoms with Crippen molar-refractivity contribution < 1.29 is 19.3 Å². The third-order valence-corrected chi connectivity index (χ3v) is 8.86. The quantitative estimate of drug-likeness (QED) is 0.133. The van der Waals surface area contributed by atoms with Gasteiger partial charge in [-0.25, -0.2) is 9.88 Å². The van der Waals surface area contributed by atoms with E-state index in [0.717, 1.165) is 37.3 Å². The number of aryl methyl sites for hydroxylation is 1. The molecular weight excluding hydrogens is 564 g/mol. The van der Waals surface area contributed by atoms with Crippen LogP contribution < -0.4 is 4.90 Å². The Balaban J connectivity index is 1.45. The average Bonchev–Trinajstić information content (AvgIpc) is 3.48. The molecule has 4 aromatic rings. The number of fused-ring (bicyclic) bond motifs is 1. The van der Waals surface area contributed by atoms with Crippen LogP contribution in [-0.2, 0) is 9.59 Å². The van der Waals surface area contributed by atoms with Gasteiger partial charge in [0.2, 0.25) is 5.91 Å². The molecule has 1 atom stereocenters. The summed E-state index contributed by atoms with van der Waals surface area (Å²) >= 11 is 7.52. The minimum Gasteiger partial charge on any atom is -0.321 e. The van der Waals surface area contributed by atoms with Gasteiger partial charge in [0.1, 0.15) is 16.1 Å². The molecule has 1 aromatic heterocycles. The van der Waals surface area contributed by atoms with Crippen LogP contribution in [0.2, 0.25) is 5.02 Å². The lowest BCUT2D eigenvalue weighted by atomic mass is 9.94. The molecule has 0 bridgehead atoms. The number of aromatic nitrogens is 1. The summed E-state index contributed by atoms with van der Waals surface area (Å²) < 4.78 is 1.08. The van der Waals surface area contributed by atoms with Crippen LogP contribution in [0.25, 0.3) is 20.8 Å². The molecule has 9 nitrogen and oxygen atoms in total. The second-order valence-corrected chi connectivity index (χ2v) is 12.0. The van der Waals surface area contributed by atoms with Crippen molar-refractivity contribution in [2.24, 2.45) is 0 Å². The summed E-state index contributed by atoms with van der Waals surface area (Å²) in [7, 11) is 0. The maximum atomic E-state index is 13.8. The van der Waals surface area contributed by atoms with Gasteiger partial charge in [-0.15, -0.1) is 11.3 Å². The Morgan fingerprint density at radius 1 is 1.15 bits per heavy atom. The number of anilines is 1. The van der Waals surface area contributed by atoms with Crippen molar-refractivity contribution in [1.82, 2.24) is 9.88 Å². The number of hydrogen-bond donors (Lipinski definition) is 0. The van der Waals surface area contributed by atoms with E-state index in [1.807, 2.05) is 38.1 Å². The highest BCUT2D eigenvalue weighted by Gasteiger charge is 2.48. The SMILES string of the molecule is CCC(C)(C)N(C(=O)c1ccc(Cl)c([N+](=O)[O-])c1)C1CC(=O)N(c2ccc(-c3nc4ccc(C)cc4s3)cc2)C1=O. The number of carbonyl (C=O) groups excluding carboxylic acids is 3. The smallest absolute Gasteiger partial charge is 0.288 e. The molecule has 11 heteroatoms. The van der Waals surface area contributed by atoms with Crippen molar-refractivity contribution in [3.8, 4) is 10.6 Å². The summed E-state index contributed by atoms with van der Waals surface area (Å²) in [6, 6.07) is 15.8. The number of nitro groups is 1. The number of carbonyl (C=O) groups is 3. The number of halogens is 1. The number of benzene rings is 3. The zero-order valence-corrected chi connectivity index (χ0v) is 24.5. The Morgan fingerprint density at radius 2 is 1.85 bits per heavy atom. The fourth-order valence-corrected chi connectivity index (χ4v) is 6.19. The number of thiazole rings is 1. The molecule has 1 unspecified atom stereocenters. The van der Waals surface area contributed by atoms with Crippen molar-refractivity contribution >= 4 is 62.3 Å². The van der Waals surface area contributed by atoms with Crippen LogP contribution in [0.15, 0.2) is 60.7 Å². The fraction of sp³-hybridized carbons (Fsp3) is 0.267. The Bertz CT molecular complexity index is 1720. The van der Waals surface area contributed by atoms with Gasteiger partial charge in [0.25, 0.3) is 17.5 Å². The number of amides is 3. The summed E-state index contributed by atoms with van der Waals surface area (Å²) in [5.74, 6) is -1.56. The lowest BCUT2D eigenvalue weighted by molar-refractivity contribution is -0.384. The minimum absolute atomic E-state index is 0.0108. The highest BCUT2D eigenvalue weighted by Crippen LogP contribution is 2.36. The van der Waals surface area contributed by atoms with E-state index in [9.17, 15) is 24.5 Å². The number of nitrogens with zero attached hydrogens (tertiary/aromatic N) is 4. The predicted octanol–water partition coefficient (Wildman–Crippen LogP) is 6.80. The third kappa shape index (κ3) is 5.20. The summed E-state index contributed by atoms with van der Waals surface area (Å²) in [5, 5.41) is 12.2. The molecular formula is C30H27ClN4O5S. The molecule has 1 aliphatic heterocycles. The van der Waals surface area contributed by atoms with Crippen LogP contribution in [0.3, 0.4) is 0 Å². The molecule has 5 rings (SSSR count). The standard InChI is InChI=1S/C30H27ClN4O5S/c1-5-30(3,4)34(28(37)19-9-12-21(31)23(15-19)35(39)40)24-16-26(36)33(29(24)38)20-10-7-18(8-11-20)27-32-22-13-6-17(2)14-25(22)41-27/h6-15,24H,5,16H2,1-4H3. The van der Waals surface area contributed by atoms with Gasteiger partial charge in [-0.3, -0.25) is 24.5 Å². The van der Waals surface area contributed by atoms with Gasteiger partial charge in [0.05, 0.1) is 27.2 Å². The zero-order chi connectivity index (χ0) is 29.6. The van der Waals surface area contributed by atoms with Crippen LogP contribution in [0.4, 0.5) is 11.4 Å². The van der Waals surface area contributed by atoms with Gasteiger partial charge >= 0.3 is 0 Å². The number of imide groups is 1. The van der Waals surface area contributed by atoms with Crippen LogP contribution >= 0.6 is 22.9 Å². The number of nitro benzene ring substituents is 1. The highest BCUT2D eigenvalue weighted by atomic mass is 35.5. The van der Waals surface area contributed by atoms with Crippen molar-refractivity contribution in [2.45, 2.75) is 52.1 Å². The van der Waals surface area contributed by atoms with Crippen LogP contribution in [0.5, 0.6) is 0 Å². The van der Waals surface area contributed by atoms with Gasteiger partial charge in [0, 0.05) is 22.7 Å². The Morgan fingerprint density at radius 3 is 2.51 bits per heavy atom. The summed E-state index contributed by atoms with van der Waals surface area (Å²) in [6.45, 7) is 7.49. The zero-order valence-electron chi connectivity index (χ0n) is 22.9. The van der Waals surface area contributed by atoms with Gasteiger partial charge in [-0.1, -0.05) is 24.6 Å². The van der Waals surface area contributed by atoms with E-state index in [1.54, 1.807) is 37.3 Å². The summed E-state index contributed by atoms with van der Waals surface area (Å²) in [5.41, 5.74) is 2.07. The normalized spacial score (nSPS) is 15.5. The Labute approximate surface area is 245 Å². The van der Waals surface area contributed by atoms with E-state index < -0.39 is 39.9 Å². The van der Waals surface area contributed by atoms with Gasteiger partial charge < -0.3 is 4.90 Å². The van der Waals surface area contributed by atoms with Crippen LogP contribution in [-0.4, -0.2) is 44.1 Å². The second-order valence-electron chi connectivity index (χ2n) is 10.6. The first-order valence-corrected chi connectivity index (χ1v) is 14.2. The van der Waals surface area contributed by atoms with Crippen molar-refractivity contribution in [1.29, 1.82) is 0 Å². The van der Waals surface area contributed by atoms with Crippen molar-refractivity contribution in [2.75, 3.05) is 4.90 Å². The lowest BCUT2D eigenvalue weighted by Gasteiger charge is -2.41. The maximum absolute atomic E-state index is 13.8. The first-order chi connectivity index (χ1) is 19.4. The molecule has 3 aromatic carbocycles. The monoisotopic (exact) mass is 590 g/mol.